The van der Waals surface area contributed by atoms with Crippen LogP contribution in [0, 0.1) is 30.6 Å². The van der Waals surface area contributed by atoms with Crippen LogP contribution in [-0.4, -0.2) is 11.3 Å². The molecule has 0 saturated heterocycles. The van der Waals surface area contributed by atoms with Gasteiger partial charge in [-0.2, -0.15) is 0 Å². The molecule has 272 valence electrons. The van der Waals surface area contributed by atoms with Crippen molar-refractivity contribution in [3.8, 4) is 5.69 Å². The molecule has 8 aromatic rings. The van der Waals surface area contributed by atoms with Crippen molar-refractivity contribution >= 4 is 79.0 Å². The molecular weight excluding hydrogens is 689 g/mol. The fraction of sp³-hybridized carbons (Fsp3) is 0.208. The maximum atomic E-state index is 2.70. The van der Waals surface area contributed by atoms with Gasteiger partial charge in [0.25, 0.3) is 6.71 Å². The van der Waals surface area contributed by atoms with Gasteiger partial charge < -0.3 is 14.4 Å². The van der Waals surface area contributed by atoms with Gasteiger partial charge in [-0.05, 0) is 145 Å². The first-order valence-electron chi connectivity index (χ1n) is 21.3. The van der Waals surface area contributed by atoms with Crippen molar-refractivity contribution in [1.29, 1.82) is 0 Å². The van der Waals surface area contributed by atoms with Crippen molar-refractivity contribution in [3.63, 3.8) is 0 Å². The molecule has 4 saturated carbocycles. The van der Waals surface area contributed by atoms with Gasteiger partial charge in [-0.1, -0.05) is 103 Å². The molecule has 0 radical (unpaired) electrons. The highest BCUT2D eigenvalue weighted by Crippen LogP contribution is 2.69. The van der Waals surface area contributed by atoms with Crippen LogP contribution in [-0.2, 0) is 5.41 Å². The van der Waals surface area contributed by atoms with E-state index in [1.165, 1.54) is 116 Å². The van der Waals surface area contributed by atoms with Crippen molar-refractivity contribution < 1.29 is 0 Å². The predicted octanol–water partition coefficient (Wildman–Crippen LogP) is 11.2. The lowest BCUT2D eigenvalue weighted by atomic mass is 9.32. The molecule has 4 heteroatoms. The largest absolute Gasteiger partial charge is 0.311 e. The molecule has 0 N–H and O–H groups in total. The van der Waals surface area contributed by atoms with Gasteiger partial charge in [0.1, 0.15) is 0 Å². The van der Waals surface area contributed by atoms with E-state index in [1.807, 2.05) is 0 Å². The second kappa shape index (κ2) is 10.9. The Hall–Kier alpha value is -6.00. The van der Waals surface area contributed by atoms with Crippen molar-refractivity contribution in [2.45, 2.75) is 44.4 Å². The molecule has 1 spiro atoms. The molecule has 7 aliphatic rings. The molecule has 7 aromatic carbocycles. The van der Waals surface area contributed by atoms with E-state index in [0.29, 0.717) is 11.8 Å². The summed E-state index contributed by atoms with van der Waals surface area (Å²) in [5, 5.41) is 2.58. The van der Waals surface area contributed by atoms with Gasteiger partial charge in [0.05, 0.1) is 16.7 Å². The lowest BCUT2D eigenvalue weighted by molar-refractivity contribution is -0.0419. The Morgan fingerprint density at radius 1 is 0.491 bits per heavy atom. The number of rotatable bonds is 2. The van der Waals surface area contributed by atoms with Crippen LogP contribution in [0.3, 0.4) is 0 Å². The van der Waals surface area contributed by atoms with Crippen LogP contribution in [0.4, 0.5) is 34.1 Å². The third kappa shape index (κ3) is 3.81. The Labute approximate surface area is 334 Å². The van der Waals surface area contributed by atoms with E-state index in [1.54, 1.807) is 11.1 Å². The number of aryl methyl sites for hydroxylation is 1. The summed E-state index contributed by atoms with van der Waals surface area (Å²) in [6.45, 7) is 2.30. The van der Waals surface area contributed by atoms with Crippen LogP contribution < -0.4 is 26.2 Å². The molecular formula is C53H42BN3. The summed E-state index contributed by atoms with van der Waals surface area (Å²) in [5.74, 6) is 3.24. The Morgan fingerprint density at radius 2 is 1.09 bits per heavy atom. The number of para-hydroxylation sites is 4. The molecule has 0 amide bonds. The normalized spacial score (nSPS) is 24.2. The lowest BCUT2D eigenvalue weighted by Gasteiger charge is -2.64. The zero-order valence-electron chi connectivity index (χ0n) is 32.2. The quantitative estimate of drug-likeness (QED) is 0.164. The molecule has 4 heterocycles. The van der Waals surface area contributed by atoms with Gasteiger partial charge in [0, 0.05) is 50.3 Å². The lowest BCUT2D eigenvalue weighted by Crippen LogP contribution is -2.64. The highest BCUT2D eigenvalue weighted by Gasteiger charge is 2.62. The number of anilines is 6. The van der Waals surface area contributed by atoms with Crippen LogP contribution >= 0.6 is 0 Å². The molecule has 4 aliphatic carbocycles. The minimum absolute atomic E-state index is 0.0762. The Bertz CT molecular complexity index is 2950. The van der Waals surface area contributed by atoms with E-state index in [-0.39, 0.29) is 12.1 Å². The molecule has 4 fully saturated rings. The zero-order valence-corrected chi connectivity index (χ0v) is 32.2. The van der Waals surface area contributed by atoms with Gasteiger partial charge in [0.2, 0.25) is 0 Å². The van der Waals surface area contributed by atoms with E-state index in [9.17, 15) is 0 Å². The topological polar surface area (TPSA) is 11.4 Å². The molecule has 3 nitrogen and oxygen atoms in total. The maximum Gasteiger partial charge on any atom is 0.252 e. The van der Waals surface area contributed by atoms with Gasteiger partial charge in [0.15, 0.2) is 0 Å². The summed E-state index contributed by atoms with van der Waals surface area (Å²) in [5.41, 5.74) is 20.4. The average molecular weight is 732 g/mol. The van der Waals surface area contributed by atoms with E-state index >= 15 is 0 Å². The van der Waals surface area contributed by atoms with E-state index in [4.69, 9.17) is 0 Å². The van der Waals surface area contributed by atoms with Gasteiger partial charge in [-0.15, -0.1) is 0 Å². The van der Waals surface area contributed by atoms with Crippen LogP contribution in [0.25, 0.3) is 27.5 Å². The molecule has 0 unspecified atom stereocenters. The highest BCUT2D eigenvalue weighted by molar-refractivity contribution is 7.00. The number of benzene rings is 7. The molecule has 0 atom stereocenters. The Morgan fingerprint density at radius 3 is 1.82 bits per heavy atom. The summed E-state index contributed by atoms with van der Waals surface area (Å²) in [6, 6.07) is 58.5. The summed E-state index contributed by atoms with van der Waals surface area (Å²) in [4.78, 5) is 5.27. The third-order valence-electron chi connectivity index (χ3n) is 15.6. The van der Waals surface area contributed by atoms with Gasteiger partial charge >= 0.3 is 0 Å². The molecule has 3 aliphatic heterocycles. The zero-order chi connectivity index (χ0) is 37.1. The predicted molar refractivity (Wildman–Crippen MR) is 237 cm³/mol. The maximum absolute atomic E-state index is 2.70. The van der Waals surface area contributed by atoms with Crippen LogP contribution in [0.15, 0.2) is 152 Å². The number of hydrogen-bond acceptors (Lipinski definition) is 2. The first kappa shape index (κ1) is 31.1. The van der Waals surface area contributed by atoms with Crippen molar-refractivity contribution in [2.75, 3.05) is 9.80 Å². The molecule has 57 heavy (non-hydrogen) atoms. The van der Waals surface area contributed by atoms with Crippen LogP contribution in [0.1, 0.15) is 48.8 Å². The van der Waals surface area contributed by atoms with Crippen LogP contribution in [0.2, 0.25) is 0 Å². The number of fused-ring (bicyclic) bond motifs is 9. The molecule has 4 bridgehead atoms. The fourth-order valence-electron chi connectivity index (χ4n) is 13.8. The van der Waals surface area contributed by atoms with Crippen molar-refractivity contribution in [1.82, 2.24) is 4.57 Å². The Kier molecular flexibility index (Phi) is 5.95. The minimum Gasteiger partial charge on any atom is -0.311 e. The minimum atomic E-state index is 0.0762. The SMILES string of the molecule is Cc1ccc(N2c3cc(-n4c5ccccc5c5ccccc54)ccc3B3c4cccc5c4N(c4ccccc4C54C5CC6CC(C5)CC4C6)c4cccc2c43)cc1. The number of nitrogens with zero attached hydrogens (tertiary/aromatic N) is 3. The van der Waals surface area contributed by atoms with Gasteiger partial charge in [-0.3, -0.25) is 0 Å². The van der Waals surface area contributed by atoms with E-state index in [0.717, 1.165) is 11.8 Å². The summed E-state index contributed by atoms with van der Waals surface area (Å²) >= 11 is 0. The van der Waals surface area contributed by atoms with E-state index < -0.39 is 0 Å². The smallest absolute Gasteiger partial charge is 0.252 e. The first-order valence-corrected chi connectivity index (χ1v) is 21.3. The summed E-state index contributed by atoms with van der Waals surface area (Å²) < 4.78 is 2.48. The number of aromatic nitrogens is 1. The van der Waals surface area contributed by atoms with Crippen molar-refractivity contribution in [2.24, 2.45) is 23.7 Å². The second-order valence-corrected chi connectivity index (χ2v) is 18.2. The standard InChI is InChI=1S/C53H42BN3/c1-32-20-22-37(23-21-32)55-48-18-9-19-49-51(48)54(43-25-24-38(31-50(43)55)56-45-15-5-2-10-39(45)40-11-3-6-16-46(40)56)44-14-8-13-42-52(44)57(49)47-17-7-4-12-41(47)53(42)35-27-33-26-34(29-35)30-36(53)28-33/h2-25,31,33-36H,26-30H2,1H3. The third-order valence-corrected chi connectivity index (χ3v) is 15.6. The second-order valence-electron chi connectivity index (χ2n) is 18.2. The first-order chi connectivity index (χ1) is 28.2. The molecule has 15 rings (SSSR count). The molecule has 1 aromatic heterocycles. The summed E-state index contributed by atoms with van der Waals surface area (Å²) in [6.07, 6.45) is 7.00. The van der Waals surface area contributed by atoms with E-state index in [2.05, 4.69) is 173 Å². The Balaban J connectivity index is 1.06. The van der Waals surface area contributed by atoms with Gasteiger partial charge in [-0.25, -0.2) is 0 Å². The fourth-order valence-corrected chi connectivity index (χ4v) is 13.8. The highest BCUT2D eigenvalue weighted by atomic mass is 15.2. The van der Waals surface area contributed by atoms with Crippen molar-refractivity contribution in [3.05, 3.63) is 168 Å². The average Bonchev–Trinajstić information content (AvgIpc) is 3.58. The monoisotopic (exact) mass is 731 g/mol. The number of hydrogen-bond donors (Lipinski definition) is 0. The van der Waals surface area contributed by atoms with Crippen LogP contribution in [0.5, 0.6) is 0 Å². The summed E-state index contributed by atoms with van der Waals surface area (Å²) in [7, 11) is 0.